The lowest BCUT2D eigenvalue weighted by molar-refractivity contribution is -0.149. The van der Waals surface area contributed by atoms with Gasteiger partial charge in [-0.05, 0) is 42.4 Å². The number of benzene rings is 1. The van der Waals surface area contributed by atoms with Gasteiger partial charge in [0.05, 0.1) is 5.02 Å². The fourth-order valence-corrected chi connectivity index (χ4v) is 2.17. The first kappa shape index (κ1) is 17.2. The summed E-state index contributed by atoms with van der Waals surface area (Å²) in [6.07, 6.45) is -3.86. The van der Waals surface area contributed by atoms with Crippen LogP contribution in [0, 0.1) is 5.82 Å². The first-order valence-electron chi connectivity index (χ1n) is 6.43. The van der Waals surface area contributed by atoms with Gasteiger partial charge in [0.25, 0.3) is 0 Å². The van der Waals surface area contributed by atoms with E-state index in [2.05, 4.69) is 0 Å². The second kappa shape index (κ2) is 6.76. The topological polar surface area (TPSA) is 26.0 Å². The van der Waals surface area contributed by atoms with Crippen molar-refractivity contribution < 1.29 is 17.6 Å². The first-order valence-corrected chi connectivity index (χ1v) is 6.80. The molecule has 1 atom stereocenters. The van der Waals surface area contributed by atoms with Crippen molar-refractivity contribution in [3.8, 4) is 0 Å². The van der Waals surface area contributed by atoms with E-state index in [-0.39, 0.29) is 23.8 Å². The van der Waals surface area contributed by atoms with E-state index in [1.165, 1.54) is 6.07 Å². The molecule has 20 heavy (non-hydrogen) atoms. The smallest absolute Gasteiger partial charge is 0.320 e. The van der Waals surface area contributed by atoms with Gasteiger partial charge in [0.2, 0.25) is 0 Å². The maximum atomic E-state index is 13.7. The average Bonchev–Trinajstić information content (AvgIpc) is 2.31. The van der Waals surface area contributed by atoms with Crippen molar-refractivity contribution >= 4 is 11.6 Å². The minimum Gasteiger partial charge on any atom is -0.320 e. The number of aryl methyl sites for hydroxylation is 1. The van der Waals surface area contributed by atoms with Gasteiger partial charge >= 0.3 is 6.18 Å². The number of rotatable bonds is 5. The highest BCUT2D eigenvalue weighted by Gasteiger charge is 2.35. The van der Waals surface area contributed by atoms with Crippen molar-refractivity contribution in [2.24, 2.45) is 5.73 Å². The molecule has 0 spiro atoms. The zero-order valence-corrected chi connectivity index (χ0v) is 12.2. The molecular weight excluding hydrogens is 294 g/mol. The van der Waals surface area contributed by atoms with Gasteiger partial charge in [0.15, 0.2) is 0 Å². The standard InChI is InChI=1S/C14H18ClF4N/c1-8(2)10-6-9(7-11(15)13(10)16)4-3-5-12(20)14(17,18)19/h6-8,12H,3-5,20H2,1-2H3/t12-/m1/s1. The summed E-state index contributed by atoms with van der Waals surface area (Å²) in [6.45, 7) is 3.66. The fourth-order valence-electron chi connectivity index (χ4n) is 1.92. The lowest BCUT2D eigenvalue weighted by Gasteiger charge is -2.16. The maximum absolute atomic E-state index is 13.7. The van der Waals surface area contributed by atoms with Crippen molar-refractivity contribution in [3.05, 3.63) is 34.1 Å². The van der Waals surface area contributed by atoms with E-state index >= 15 is 0 Å². The molecule has 0 bridgehead atoms. The van der Waals surface area contributed by atoms with Crippen LogP contribution in [-0.2, 0) is 6.42 Å². The Morgan fingerprint density at radius 2 is 1.85 bits per heavy atom. The number of nitrogens with two attached hydrogens (primary N) is 1. The highest BCUT2D eigenvalue weighted by molar-refractivity contribution is 6.30. The number of hydrogen-bond donors (Lipinski definition) is 1. The summed E-state index contributed by atoms with van der Waals surface area (Å²) in [4.78, 5) is 0. The minimum atomic E-state index is -4.37. The van der Waals surface area contributed by atoms with E-state index in [4.69, 9.17) is 17.3 Å². The van der Waals surface area contributed by atoms with Crippen LogP contribution in [0.2, 0.25) is 5.02 Å². The van der Waals surface area contributed by atoms with Gasteiger partial charge in [-0.25, -0.2) is 4.39 Å². The Morgan fingerprint density at radius 1 is 1.25 bits per heavy atom. The number of alkyl halides is 3. The third kappa shape index (κ3) is 4.63. The zero-order chi connectivity index (χ0) is 15.5. The van der Waals surface area contributed by atoms with E-state index in [9.17, 15) is 17.6 Å². The molecule has 2 N–H and O–H groups in total. The summed E-state index contributed by atoms with van der Waals surface area (Å²) in [6, 6.07) is 1.30. The molecule has 1 aromatic rings. The van der Waals surface area contributed by atoms with Gasteiger partial charge in [-0.2, -0.15) is 13.2 Å². The van der Waals surface area contributed by atoms with Crippen molar-refractivity contribution in [2.75, 3.05) is 0 Å². The molecule has 0 saturated heterocycles. The van der Waals surface area contributed by atoms with Crippen LogP contribution in [-0.4, -0.2) is 12.2 Å². The van der Waals surface area contributed by atoms with Gasteiger partial charge in [0, 0.05) is 0 Å². The Bertz CT molecular complexity index is 457. The Kier molecular flexibility index (Phi) is 5.83. The van der Waals surface area contributed by atoms with Crippen LogP contribution in [0.4, 0.5) is 17.6 Å². The molecule has 0 radical (unpaired) electrons. The highest BCUT2D eigenvalue weighted by atomic mass is 35.5. The van der Waals surface area contributed by atoms with Gasteiger partial charge in [-0.1, -0.05) is 31.5 Å². The molecule has 6 heteroatoms. The predicted molar refractivity (Wildman–Crippen MR) is 72.5 cm³/mol. The maximum Gasteiger partial charge on any atom is 0.403 e. The molecule has 0 heterocycles. The van der Waals surface area contributed by atoms with Gasteiger partial charge in [-0.15, -0.1) is 0 Å². The molecular formula is C14H18ClF4N. The molecule has 0 aromatic heterocycles. The second-order valence-corrected chi connectivity index (χ2v) is 5.58. The van der Waals surface area contributed by atoms with Crippen LogP contribution in [0.3, 0.4) is 0 Å². The van der Waals surface area contributed by atoms with Crippen LogP contribution in [0.25, 0.3) is 0 Å². The predicted octanol–water partition coefficient (Wildman–Crippen LogP) is 4.81. The van der Waals surface area contributed by atoms with Crippen LogP contribution in [0.5, 0.6) is 0 Å². The lowest BCUT2D eigenvalue weighted by Crippen LogP contribution is -2.37. The molecule has 0 fully saturated rings. The summed E-state index contributed by atoms with van der Waals surface area (Å²) in [5.74, 6) is -0.498. The summed E-state index contributed by atoms with van der Waals surface area (Å²) in [7, 11) is 0. The van der Waals surface area contributed by atoms with E-state index in [1.54, 1.807) is 6.07 Å². The van der Waals surface area contributed by atoms with E-state index < -0.39 is 18.0 Å². The van der Waals surface area contributed by atoms with Gasteiger partial charge in [-0.3, -0.25) is 0 Å². The Labute approximate surface area is 121 Å². The second-order valence-electron chi connectivity index (χ2n) is 5.18. The first-order chi connectivity index (χ1) is 9.12. The summed E-state index contributed by atoms with van der Waals surface area (Å²) >= 11 is 5.80. The molecule has 114 valence electrons. The van der Waals surface area contributed by atoms with Crippen LogP contribution >= 0.6 is 11.6 Å². The average molecular weight is 312 g/mol. The quantitative estimate of drug-likeness (QED) is 0.776. The molecule has 0 aliphatic rings. The SMILES string of the molecule is CC(C)c1cc(CCC[C@@H](N)C(F)(F)F)cc(Cl)c1F. The molecule has 0 aliphatic heterocycles. The van der Waals surface area contributed by atoms with E-state index in [0.717, 1.165) is 5.56 Å². The number of hydrogen-bond acceptors (Lipinski definition) is 1. The Hall–Kier alpha value is -0.810. The van der Waals surface area contributed by atoms with Gasteiger partial charge in [0.1, 0.15) is 11.9 Å². The van der Waals surface area contributed by atoms with Crippen LogP contribution < -0.4 is 5.73 Å². The summed E-state index contributed by atoms with van der Waals surface area (Å²) in [5.41, 5.74) is 6.25. The van der Waals surface area contributed by atoms with Gasteiger partial charge < -0.3 is 5.73 Å². The van der Waals surface area contributed by atoms with Crippen molar-refractivity contribution in [2.45, 2.75) is 51.2 Å². The zero-order valence-electron chi connectivity index (χ0n) is 11.4. The molecule has 0 unspecified atom stereocenters. The molecule has 0 aliphatic carbocycles. The third-order valence-corrected chi connectivity index (χ3v) is 3.41. The Balaban J connectivity index is 2.70. The van der Waals surface area contributed by atoms with E-state index in [1.807, 2.05) is 13.8 Å². The van der Waals surface area contributed by atoms with Crippen LogP contribution in [0.1, 0.15) is 43.7 Å². The molecule has 1 aromatic carbocycles. The molecule has 0 saturated carbocycles. The van der Waals surface area contributed by atoms with Crippen molar-refractivity contribution in [1.82, 2.24) is 0 Å². The minimum absolute atomic E-state index is 0.00585. The largest absolute Gasteiger partial charge is 0.403 e. The number of halogens is 5. The summed E-state index contributed by atoms with van der Waals surface area (Å²) < 4.78 is 50.5. The molecule has 1 rings (SSSR count). The third-order valence-electron chi connectivity index (χ3n) is 3.14. The summed E-state index contributed by atoms with van der Waals surface area (Å²) in [5, 5.41) is 0.00585. The lowest BCUT2D eigenvalue weighted by atomic mass is 9.97. The molecule has 0 amide bonds. The Morgan fingerprint density at radius 3 is 2.35 bits per heavy atom. The molecule has 1 nitrogen and oxygen atoms in total. The monoisotopic (exact) mass is 311 g/mol. The van der Waals surface area contributed by atoms with Crippen LogP contribution in [0.15, 0.2) is 12.1 Å². The van der Waals surface area contributed by atoms with Crippen molar-refractivity contribution in [3.63, 3.8) is 0 Å². The van der Waals surface area contributed by atoms with Crippen molar-refractivity contribution in [1.29, 1.82) is 0 Å². The highest BCUT2D eigenvalue weighted by Crippen LogP contribution is 2.28. The normalized spacial score (nSPS) is 13.8. The van der Waals surface area contributed by atoms with E-state index in [0.29, 0.717) is 12.0 Å². The fraction of sp³-hybridized carbons (Fsp3) is 0.571.